The van der Waals surface area contributed by atoms with Crippen molar-refractivity contribution in [3.05, 3.63) is 41.4 Å². The van der Waals surface area contributed by atoms with Gasteiger partial charge in [-0.25, -0.2) is 0 Å². The summed E-state index contributed by atoms with van der Waals surface area (Å²) in [5.41, 5.74) is 3.25. The zero-order valence-electron chi connectivity index (χ0n) is 9.10. The van der Waals surface area contributed by atoms with E-state index in [1.54, 1.807) is 0 Å². The molecule has 0 unspecified atom stereocenters. The fourth-order valence-corrected chi connectivity index (χ4v) is 1.89. The van der Waals surface area contributed by atoms with Crippen LogP contribution in [0.3, 0.4) is 0 Å². The Morgan fingerprint density at radius 1 is 1.31 bits per heavy atom. The topological polar surface area (TPSA) is 38.4 Å². The molecule has 0 N–H and O–H groups in total. The highest BCUT2D eigenvalue weighted by atomic mass is 16.3. The van der Waals surface area contributed by atoms with Gasteiger partial charge in [0.2, 0.25) is 0 Å². The number of aromatic nitrogens is 1. The number of pyridine rings is 1. The van der Waals surface area contributed by atoms with Gasteiger partial charge in [-0.2, -0.15) is 0 Å². The van der Waals surface area contributed by atoms with Crippen molar-refractivity contribution < 1.29 is 4.42 Å². The molecule has 0 fully saturated rings. The van der Waals surface area contributed by atoms with E-state index in [0.717, 1.165) is 41.3 Å². The predicted octanol–water partition coefficient (Wildman–Crippen LogP) is 2.63. The first-order valence-electron chi connectivity index (χ1n) is 5.38. The van der Waals surface area contributed by atoms with Gasteiger partial charge in [0, 0.05) is 36.5 Å². The normalized spacial score (nSPS) is 13.8. The number of hydrogen-bond donors (Lipinski definition) is 0. The molecule has 0 atom stereocenters. The number of aryl methyl sites for hydroxylation is 1. The third kappa shape index (κ3) is 1.54. The predicted molar refractivity (Wildman–Crippen MR) is 62.8 cm³/mol. The van der Waals surface area contributed by atoms with Gasteiger partial charge in [0.15, 0.2) is 0 Å². The molecule has 1 aliphatic rings. The molecule has 3 heterocycles. The number of rotatable bonds is 1. The third-order valence-electron chi connectivity index (χ3n) is 2.74. The van der Waals surface area contributed by atoms with Crippen molar-refractivity contribution >= 4 is 6.21 Å². The summed E-state index contributed by atoms with van der Waals surface area (Å²) in [7, 11) is 0. The van der Waals surface area contributed by atoms with Gasteiger partial charge in [0.25, 0.3) is 0 Å². The zero-order chi connectivity index (χ0) is 11.0. The van der Waals surface area contributed by atoms with Crippen LogP contribution in [-0.4, -0.2) is 17.7 Å². The van der Waals surface area contributed by atoms with Crippen molar-refractivity contribution in [3.8, 4) is 11.3 Å². The Morgan fingerprint density at radius 2 is 2.25 bits per heavy atom. The molecule has 3 nitrogen and oxygen atoms in total. The summed E-state index contributed by atoms with van der Waals surface area (Å²) in [6.45, 7) is 2.79. The zero-order valence-corrected chi connectivity index (χ0v) is 9.10. The van der Waals surface area contributed by atoms with Crippen molar-refractivity contribution in [3.63, 3.8) is 0 Å². The molecule has 0 aliphatic carbocycles. The number of nitrogens with zero attached hydrogens (tertiary/aromatic N) is 2. The molecule has 2 aromatic rings. The van der Waals surface area contributed by atoms with E-state index in [-0.39, 0.29) is 0 Å². The second-order valence-corrected chi connectivity index (χ2v) is 3.96. The van der Waals surface area contributed by atoms with Crippen LogP contribution in [0.15, 0.2) is 33.8 Å². The van der Waals surface area contributed by atoms with Crippen molar-refractivity contribution in [2.45, 2.75) is 13.3 Å². The number of fused-ring (bicyclic) bond motifs is 1. The Bertz CT molecular complexity index is 555. The summed E-state index contributed by atoms with van der Waals surface area (Å²) >= 11 is 0. The molecule has 0 amide bonds. The van der Waals surface area contributed by atoms with Crippen LogP contribution in [0.2, 0.25) is 0 Å². The molecule has 0 bridgehead atoms. The van der Waals surface area contributed by atoms with Gasteiger partial charge in [-0.15, -0.1) is 0 Å². The molecular weight excluding hydrogens is 200 g/mol. The monoisotopic (exact) mass is 212 g/mol. The number of furan rings is 1. The maximum Gasteiger partial charge on any atom is 0.135 e. The average Bonchev–Trinajstić information content (AvgIpc) is 2.75. The van der Waals surface area contributed by atoms with Crippen LogP contribution in [0, 0.1) is 6.92 Å². The third-order valence-corrected chi connectivity index (χ3v) is 2.74. The lowest BCUT2D eigenvalue weighted by atomic mass is 10.1. The minimum Gasteiger partial charge on any atom is -0.461 e. The maximum atomic E-state index is 5.58. The Labute approximate surface area is 93.9 Å². The minimum atomic E-state index is 0.846. The van der Waals surface area contributed by atoms with Gasteiger partial charge in [-0.1, -0.05) is 0 Å². The Balaban J connectivity index is 2.07. The molecule has 0 spiro atoms. The first-order valence-corrected chi connectivity index (χ1v) is 5.38. The smallest absolute Gasteiger partial charge is 0.135 e. The Morgan fingerprint density at radius 3 is 3.06 bits per heavy atom. The molecule has 0 saturated heterocycles. The second-order valence-electron chi connectivity index (χ2n) is 3.96. The van der Waals surface area contributed by atoms with Crippen LogP contribution in [0.25, 0.3) is 11.3 Å². The van der Waals surface area contributed by atoms with Crippen LogP contribution in [-0.2, 0) is 6.42 Å². The lowest BCUT2D eigenvalue weighted by molar-refractivity contribution is 0.548. The summed E-state index contributed by atoms with van der Waals surface area (Å²) in [4.78, 5) is 8.72. The summed E-state index contributed by atoms with van der Waals surface area (Å²) < 4.78 is 5.58. The molecule has 2 aromatic heterocycles. The fraction of sp³-hybridized carbons (Fsp3) is 0.231. The van der Waals surface area contributed by atoms with Crippen LogP contribution in [0.4, 0.5) is 0 Å². The summed E-state index contributed by atoms with van der Waals surface area (Å²) in [5, 5.41) is 0. The van der Waals surface area contributed by atoms with E-state index in [2.05, 4.69) is 16.0 Å². The summed E-state index contributed by atoms with van der Waals surface area (Å²) in [5.74, 6) is 1.79. The van der Waals surface area contributed by atoms with Gasteiger partial charge in [-0.3, -0.25) is 9.98 Å². The number of hydrogen-bond acceptors (Lipinski definition) is 3. The summed E-state index contributed by atoms with van der Waals surface area (Å²) in [6, 6.07) is 6.02. The molecule has 0 aromatic carbocycles. The SMILES string of the molecule is Cc1ccc(-c2cnc3c(c2)C=NCC3)o1. The van der Waals surface area contributed by atoms with Crippen molar-refractivity contribution in [2.75, 3.05) is 6.54 Å². The highest BCUT2D eigenvalue weighted by molar-refractivity contribution is 5.84. The molecule has 3 rings (SSSR count). The van der Waals surface area contributed by atoms with E-state index in [1.165, 1.54) is 0 Å². The maximum absolute atomic E-state index is 5.58. The largest absolute Gasteiger partial charge is 0.461 e. The van der Waals surface area contributed by atoms with Gasteiger partial charge < -0.3 is 4.42 Å². The van der Waals surface area contributed by atoms with Gasteiger partial charge >= 0.3 is 0 Å². The van der Waals surface area contributed by atoms with E-state index in [0.29, 0.717) is 0 Å². The van der Waals surface area contributed by atoms with E-state index in [4.69, 9.17) is 4.42 Å². The lowest BCUT2D eigenvalue weighted by Gasteiger charge is -2.09. The summed E-state index contributed by atoms with van der Waals surface area (Å²) in [6.07, 6.45) is 4.70. The van der Waals surface area contributed by atoms with Gasteiger partial charge in [0.05, 0.1) is 5.69 Å². The van der Waals surface area contributed by atoms with E-state index in [9.17, 15) is 0 Å². The van der Waals surface area contributed by atoms with Gasteiger partial charge in [0.1, 0.15) is 11.5 Å². The standard InChI is InChI=1S/C13H12N2O/c1-9-2-3-13(16-9)11-6-10-7-14-5-4-12(10)15-8-11/h2-3,6-8H,4-5H2,1H3. The highest BCUT2D eigenvalue weighted by Gasteiger charge is 2.10. The molecule has 3 heteroatoms. The minimum absolute atomic E-state index is 0.846. The van der Waals surface area contributed by atoms with Crippen molar-refractivity contribution in [2.24, 2.45) is 4.99 Å². The second kappa shape index (κ2) is 3.59. The molecule has 16 heavy (non-hydrogen) atoms. The molecule has 0 saturated carbocycles. The first-order chi connectivity index (χ1) is 7.83. The van der Waals surface area contributed by atoms with Crippen LogP contribution >= 0.6 is 0 Å². The van der Waals surface area contributed by atoms with Crippen LogP contribution < -0.4 is 0 Å². The molecular formula is C13H12N2O. The fourth-order valence-electron chi connectivity index (χ4n) is 1.89. The van der Waals surface area contributed by atoms with Crippen LogP contribution in [0.5, 0.6) is 0 Å². The van der Waals surface area contributed by atoms with Crippen LogP contribution in [0.1, 0.15) is 17.0 Å². The molecule has 0 radical (unpaired) electrons. The quantitative estimate of drug-likeness (QED) is 0.728. The molecule has 1 aliphatic heterocycles. The van der Waals surface area contributed by atoms with Gasteiger partial charge in [-0.05, 0) is 25.1 Å². The lowest BCUT2D eigenvalue weighted by Crippen LogP contribution is -2.05. The van der Waals surface area contributed by atoms with Crippen molar-refractivity contribution in [1.82, 2.24) is 4.98 Å². The Hall–Kier alpha value is -1.90. The molecule has 80 valence electrons. The average molecular weight is 212 g/mol. The van der Waals surface area contributed by atoms with E-state index < -0.39 is 0 Å². The first kappa shape index (κ1) is 9.33. The van der Waals surface area contributed by atoms with E-state index in [1.807, 2.05) is 31.5 Å². The number of aliphatic imine (C=N–C) groups is 1. The Kier molecular flexibility index (Phi) is 2.10. The van der Waals surface area contributed by atoms with Crippen molar-refractivity contribution in [1.29, 1.82) is 0 Å². The highest BCUT2D eigenvalue weighted by Crippen LogP contribution is 2.23. The van der Waals surface area contributed by atoms with E-state index >= 15 is 0 Å².